The minimum Gasteiger partial charge on any atom is -0.496 e. The lowest BCUT2D eigenvalue weighted by molar-refractivity contribution is 0.296. The van der Waals surface area contributed by atoms with E-state index >= 15 is 0 Å². The molecule has 1 aromatic carbocycles. The third-order valence-electron chi connectivity index (χ3n) is 4.59. The summed E-state index contributed by atoms with van der Waals surface area (Å²) in [5.74, 6) is 1.01. The Hall–Kier alpha value is -0.540. The predicted octanol–water partition coefficient (Wildman–Crippen LogP) is 4.24. The van der Waals surface area contributed by atoms with Crippen LogP contribution in [0.15, 0.2) is 10.5 Å². The van der Waals surface area contributed by atoms with E-state index in [1.807, 2.05) is 0 Å². The van der Waals surface area contributed by atoms with E-state index in [-0.39, 0.29) is 5.41 Å². The molecule has 19 heavy (non-hydrogen) atoms. The maximum Gasteiger partial charge on any atom is 0.125 e. The first-order valence-corrected chi connectivity index (χ1v) is 7.89. The molecular formula is C16H24BrNO. The summed E-state index contributed by atoms with van der Waals surface area (Å²) >= 11 is 3.76. The highest BCUT2D eigenvalue weighted by molar-refractivity contribution is 9.10. The van der Waals surface area contributed by atoms with E-state index in [1.165, 1.54) is 53.3 Å². The van der Waals surface area contributed by atoms with E-state index < -0.39 is 0 Å². The van der Waals surface area contributed by atoms with Crippen LogP contribution < -0.4 is 10.5 Å². The van der Waals surface area contributed by atoms with Gasteiger partial charge < -0.3 is 10.5 Å². The molecule has 2 N–H and O–H groups in total. The largest absolute Gasteiger partial charge is 0.496 e. The monoisotopic (exact) mass is 325 g/mol. The van der Waals surface area contributed by atoms with Crippen LogP contribution in [0.2, 0.25) is 0 Å². The van der Waals surface area contributed by atoms with Crippen molar-refractivity contribution in [2.45, 2.75) is 51.4 Å². The van der Waals surface area contributed by atoms with Crippen molar-refractivity contribution in [1.29, 1.82) is 0 Å². The lowest BCUT2D eigenvalue weighted by atomic mass is 9.68. The van der Waals surface area contributed by atoms with Gasteiger partial charge in [-0.15, -0.1) is 0 Å². The number of hydrogen-bond acceptors (Lipinski definition) is 2. The van der Waals surface area contributed by atoms with Crippen LogP contribution in [-0.2, 0) is 5.41 Å². The van der Waals surface area contributed by atoms with Crippen molar-refractivity contribution in [3.05, 3.63) is 27.2 Å². The molecule has 0 atom stereocenters. The Balaban J connectivity index is 2.59. The fraction of sp³-hybridized carbons (Fsp3) is 0.625. The third kappa shape index (κ3) is 2.55. The van der Waals surface area contributed by atoms with Gasteiger partial charge in [0.1, 0.15) is 5.75 Å². The zero-order chi connectivity index (χ0) is 14.0. The van der Waals surface area contributed by atoms with Gasteiger partial charge in [-0.2, -0.15) is 0 Å². The molecule has 2 rings (SSSR count). The molecule has 0 aromatic heterocycles. The van der Waals surface area contributed by atoms with Crippen LogP contribution in [0.3, 0.4) is 0 Å². The number of methoxy groups -OCH3 is 1. The van der Waals surface area contributed by atoms with Crippen LogP contribution in [0, 0.1) is 13.8 Å². The molecule has 0 saturated heterocycles. The highest BCUT2D eigenvalue weighted by atomic mass is 79.9. The molecule has 106 valence electrons. The van der Waals surface area contributed by atoms with Gasteiger partial charge in [-0.3, -0.25) is 0 Å². The van der Waals surface area contributed by atoms with Crippen molar-refractivity contribution in [2.75, 3.05) is 13.7 Å². The molecule has 1 aromatic rings. The zero-order valence-corrected chi connectivity index (χ0v) is 13.8. The predicted molar refractivity (Wildman–Crippen MR) is 84.0 cm³/mol. The fourth-order valence-electron chi connectivity index (χ4n) is 3.67. The topological polar surface area (TPSA) is 35.2 Å². The second-order valence-electron chi connectivity index (χ2n) is 5.75. The van der Waals surface area contributed by atoms with Crippen LogP contribution in [0.1, 0.15) is 48.8 Å². The van der Waals surface area contributed by atoms with Gasteiger partial charge in [0.25, 0.3) is 0 Å². The Bertz CT molecular complexity index is 464. The molecule has 1 fully saturated rings. The maximum absolute atomic E-state index is 6.18. The normalized spacial score (nSPS) is 18.4. The summed E-state index contributed by atoms with van der Waals surface area (Å²) in [4.78, 5) is 0. The van der Waals surface area contributed by atoms with E-state index in [2.05, 4.69) is 35.8 Å². The molecule has 3 heteroatoms. The van der Waals surface area contributed by atoms with Crippen molar-refractivity contribution < 1.29 is 4.74 Å². The second-order valence-corrected chi connectivity index (χ2v) is 6.61. The number of benzene rings is 1. The standard InChI is InChI=1S/C16H24BrNO/c1-11-9-13(17)14(12(2)15(11)19-3)16(10-18)7-5-4-6-8-16/h9H,4-8,10,18H2,1-3H3. The quantitative estimate of drug-likeness (QED) is 0.902. The van der Waals surface area contributed by atoms with Crippen molar-refractivity contribution >= 4 is 15.9 Å². The summed E-state index contributed by atoms with van der Waals surface area (Å²) in [5.41, 5.74) is 10.1. The summed E-state index contributed by atoms with van der Waals surface area (Å²) in [7, 11) is 1.75. The van der Waals surface area contributed by atoms with E-state index in [9.17, 15) is 0 Å². The minimum atomic E-state index is 0.127. The molecule has 0 radical (unpaired) electrons. The van der Waals surface area contributed by atoms with Gasteiger partial charge in [0.15, 0.2) is 0 Å². The molecule has 2 nitrogen and oxygen atoms in total. The van der Waals surface area contributed by atoms with Gasteiger partial charge in [-0.1, -0.05) is 35.2 Å². The molecule has 0 amide bonds. The number of halogens is 1. The second kappa shape index (κ2) is 5.84. The molecule has 0 bridgehead atoms. The van der Waals surface area contributed by atoms with Gasteiger partial charge in [-0.05, 0) is 49.4 Å². The van der Waals surface area contributed by atoms with Gasteiger partial charge in [-0.25, -0.2) is 0 Å². The van der Waals surface area contributed by atoms with Gasteiger partial charge in [0, 0.05) is 16.4 Å². The average molecular weight is 326 g/mol. The molecule has 0 spiro atoms. The van der Waals surface area contributed by atoms with Crippen molar-refractivity contribution in [3.8, 4) is 5.75 Å². The highest BCUT2D eigenvalue weighted by Gasteiger charge is 2.36. The third-order valence-corrected chi connectivity index (χ3v) is 5.22. The number of rotatable bonds is 3. The number of hydrogen-bond donors (Lipinski definition) is 1. The van der Waals surface area contributed by atoms with Gasteiger partial charge in [0.2, 0.25) is 0 Å². The molecule has 1 aliphatic carbocycles. The first-order chi connectivity index (χ1) is 9.05. The van der Waals surface area contributed by atoms with Crippen LogP contribution in [-0.4, -0.2) is 13.7 Å². The molecule has 1 aliphatic rings. The Morgan fingerprint density at radius 3 is 2.42 bits per heavy atom. The van der Waals surface area contributed by atoms with E-state index in [1.54, 1.807) is 7.11 Å². The van der Waals surface area contributed by atoms with Gasteiger partial charge >= 0.3 is 0 Å². The molecule has 0 unspecified atom stereocenters. The number of aryl methyl sites for hydroxylation is 1. The Morgan fingerprint density at radius 2 is 1.89 bits per heavy atom. The summed E-state index contributed by atoms with van der Waals surface area (Å²) < 4.78 is 6.78. The lowest BCUT2D eigenvalue weighted by Crippen LogP contribution is -2.38. The smallest absolute Gasteiger partial charge is 0.125 e. The van der Waals surface area contributed by atoms with Crippen molar-refractivity contribution in [2.24, 2.45) is 5.73 Å². The summed E-state index contributed by atoms with van der Waals surface area (Å²) in [6, 6.07) is 2.17. The van der Waals surface area contributed by atoms with E-state index in [0.717, 1.165) is 12.3 Å². The highest BCUT2D eigenvalue weighted by Crippen LogP contribution is 2.46. The lowest BCUT2D eigenvalue weighted by Gasteiger charge is -2.39. The molecule has 0 heterocycles. The SMILES string of the molecule is COc1c(C)cc(Br)c(C2(CN)CCCCC2)c1C. The number of ether oxygens (including phenoxy) is 1. The van der Waals surface area contributed by atoms with Crippen LogP contribution in [0.4, 0.5) is 0 Å². The Morgan fingerprint density at radius 1 is 1.26 bits per heavy atom. The van der Waals surface area contributed by atoms with Crippen LogP contribution >= 0.6 is 15.9 Å². The Labute approximate surface area is 124 Å². The van der Waals surface area contributed by atoms with Crippen LogP contribution in [0.5, 0.6) is 5.75 Å². The summed E-state index contributed by atoms with van der Waals surface area (Å²) in [5, 5.41) is 0. The molecule has 0 aliphatic heterocycles. The summed E-state index contributed by atoms with van der Waals surface area (Å²) in [6.07, 6.45) is 6.27. The maximum atomic E-state index is 6.18. The fourth-order valence-corrected chi connectivity index (χ4v) is 4.73. The zero-order valence-electron chi connectivity index (χ0n) is 12.2. The van der Waals surface area contributed by atoms with Crippen LogP contribution in [0.25, 0.3) is 0 Å². The minimum absolute atomic E-state index is 0.127. The summed E-state index contributed by atoms with van der Waals surface area (Å²) in [6.45, 7) is 4.98. The Kier molecular flexibility index (Phi) is 4.57. The first kappa shape index (κ1) is 14.9. The number of nitrogens with two attached hydrogens (primary N) is 1. The van der Waals surface area contributed by atoms with Gasteiger partial charge in [0.05, 0.1) is 7.11 Å². The van der Waals surface area contributed by atoms with Crippen molar-refractivity contribution in [1.82, 2.24) is 0 Å². The van der Waals surface area contributed by atoms with Crippen molar-refractivity contribution in [3.63, 3.8) is 0 Å². The first-order valence-electron chi connectivity index (χ1n) is 7.10. The molecular weight excluding hydrogens is 302 g/mol. The van der Waals surface area contributed by atoms with E-state index in [4.69, 9.17) is 10.5 Å². The van der Waals surface area contributed by atoms with E-state index in [0.29, 0.717) is 0 Å². The molecule has 1 saturated carbocycles. The average Bonchev–Trinajstić information content (AvgIpc) is 2.39.